The first kappa shape index (κ1) is 13.3. The van der Waals surface area contributed by atoms with Crippen molar-refractivity contribution in [3.05, 3.63) is 30.1 Å². The number of hydrogen-bond donors (Lipinski definition) is 1. The van der Waals surface area contributed by atoms with Gasteiger partial charge in [-0.2, -0.15) is 0 Å². The van der Waals surface area contributed by atoms with Crippen LogP contribution in [0.1, 0.15) is 10.5 Å². The molecule has 0 spiro atoms. The van der Waals surface area contributed by atoms with E-state index in [9.17, 15) is 4.79 Å². The number of carbonyl (C=O) groups is 1. The Morgan fingerprint density at radius 2 is 2.09 bits per heavy atom. The van der Waals surface area contributed by atoms with Crippen molar-refractivity contribution in [3.63, 3.8) is 0 Å². The van der Waals surface area contributed by atoms with E-state index in [-0.39, 0.29) is 40.1 Å². The number of aromatic nitrogens is 1. The maximum absolute atomic E-state index is 10.1. The molecule has 1 heterocycles. The molecule has 0 fully saturated rings. The number of nitrogens with zero attached hydrogens (tertiary/aromatic N) is 1. The van der Waals surface area contributed by atoms with E-state index in [1.54, 1.807) is 12.1 Å². The molecule has 11 heavy (non-hydrogen) atoms. The van der Waals surface area contributed by atoms with E-state index in [0.29, 0.717) is 0 Å². The van der Waals surface area contributed by atoms with Gasteiger partial charge in [-0.05, 0) is 12.1 Å². The molecule has 0 atom stereocenters. The van der Waals surface area contributed by atoms with Crippen molar-refractivity contribution in [2.45, 2.75) is 0 Å². The molecular weight excluding hydrogens is 249 g/mol. The molecule has 0 aliphatic heterocycles. The van der Waals surface area contributed by atoms with Crippen molar-refractivity contribution in [2.24, 2.45) is 0 Å². The van der Waals surface area contributed by atoms with Gasteiger partial charge >= 0.3 is 23.0 Å². The molecule has 0 bridgehead atoms. The third-order valence-corrected chi connectivity index (χ3v) is 0.884. The Kier molecular flexibility index (Phi) is 7.71. The molecule has 1 N–H and O–H groups in total. The average Bonchev–Trinajstić information content (AvgIpc) is 1.90. The van der Waals surface area contributed by atoms with E-state index in [0.717, 1.165) is 0 Å². The number of carboxylic acid groups (broad SMARTS) is 1. The van der Waals surface area contributed by atoms with Gasteiger partial charge in [0.25, 0.3) is 0 Å². The second kappa shape index (κ2) is 6.39. The number of aromatic carboxylic acids is 1. The zero-order valence-corrected chi connectivity index (χ0v) is 8.89. The summed E-state index contributed by atoms with van der Waals surface area (Å²) in [6.45, 7) is 0. The van der Waals surface area contributed by atoms with Gasteiger partial charge in [0.1, 0.15) is 5.69 Å². The number of pyridine rings is 1. The van der Waals surface area contributed by atoms with Gasteiger partial charge in [-0.3, -0.25) is 0 Å². The van der Waals surface area contributed by atoms with Crippen LogP contribution in [0.5, 0.6) is 0 Å². The van der Waals surface area contributed by atoms with Crippen LogP contribution < -0.4 is 0 Å². The van der Waals surface area contributed by atoms with Gasteiger partial charge in [0.05, 0.1) is 0 Å². The topological polar surface area (TPSA) is 50.2 Å². The van der Waals surface area contributed by atoms with Crippen molar-refractivity contribution in [1.29, 1.82) is 0 Å². The quantitative estimate of drug-likeness (QED) is 0.711. The van der Waals surface area contributed by atoms with Crippen LogP contribution in [0, 0.1) is 0 Å². The first-order valence-corrected chi connectivity index (χ1v) is 2.45. The molecule has 1 rings (SSSR count). The molecule has 1 aromatic rings. The minimum absolute atomic E-state index is 0. The number of carboxylic acids is 1. The molecule has 5 heteroatoms. The molecule has 60 valence electrons. The number of rotatable bonds is 1. The fraction of sp³-hybridized carbons (Fsp3) is 0. The van der Waals surface area contributed by atoms with Crippen LogP contribution in [-0.4, -0.2) is 33.1 Å². The van der Waals surface area contributed by atoms with Crippen molar-refractivity contribution in [1.82, 2.24) is 4.98 Å². The van der Waals surface area contributed by atoms with Crippen LogP contribution in [0.3, 0.4) is 0 Å². The van der Waals surface area contributed by atoms with Gasteiger partial charge in [-0.15, -0.1) is 0 Å². The standard InChI is InChI=1S/C6H5NO2.Cr.H2Se/c8-6(9)5-3-1-2-4-7-5;;/h1-4H,(H,8,9);;1H2. The first-order chi connectivity index (χ1) is 4.30. The van der Waals surface area contributed by atoms with Gasteiger partial charge in [0.2, 0.25) is 0 Å². The van der Waals surface area contributed by atoms with Crippen molar-refractivity contribution < 1.29 is 27.3 Å². The summed E-state index contributed by atoms with van der Waals surface area (Å²) >= 11 is 0. The van der Waals surface area contributed by atoms with E-state index < -0.39 is 5.97 Å². The molecule has 1 aromatic heterocycles. The molecule has 0 unspecified atom stereocenters. The van der Waals surface area contributed by atoms with Crippen LogP contribution >= 0.6 is 0 Å². The molecule has 0 radical (unpaired) electrons. The predicted molar refractivity (Wildman–Crippen MR) is 39.7 cm³/mol. The van der Waals surface area contributed by atoms with Crippen LogP contribution in [-0.2, 0) is 17.4 Å². The summed E-state index contributed by atoms with van der Waals surface area (Å²) in [5.74, 6) is -0.990. The van der Waals surface area contributed by atoms with Crippen molar-refractivity contribution in [2.75, 3.05) is 0 Å². The Hall–Kier alpha value is -0.328. The van der Waals surface area contributed by atoms with Gasteiger partial charge in [-0.25, -0.2) is 9.78 Å². The minimum atomic E-state index is -0.990. The summed E-state index contributed by atoms with van der Waals surface area (Å²) in [6.07, 6.45) is 1.45. The van der Waals surface area contributed by atoms with Crippen LogP contribution in [0.15, 0.2) is 24.4 Å². The van der Waals surface area contributed by atoms with Gasteiger partial charge in [0.15, 0.2) is 0 Å². The van der Waals surface area contributed by atoms with Gasteiger partial charge in [0, 0.05) is 23.6 Å². The molecule has 0 saturated heterocycles. The molecule has 0 amide bonds. The maximum atomic E-state index is 10.1. The molecule has 0 aliphatic rings. The van der Waals surface area contributed by atoms with E-state index in [1.807, 2.05) is 0 Å². The Morgan fingerprint density at radius 3 is 2.36 bits per heavy atom. The summed E-state index contributed by atoms with van der Waals surface area (Å²) in [5, 5.41) is 8.32. The van der Waals surface area contributed by atoms with E-state index in [1.165, 1.54) is 12.3 Å². The van der Waals surface area contributed by atoms with Gasteiger partial charge in [-0.1, -0.05) is 6.07 Å². The molecule has 0 saturated carbocycles. The summed E-state index contributed by atoms with van der Waals surface area (Å²) in [4.78, 5) is 13.7. The fourth-order valence-corrected chi connectivity index (χ4v) is 0.489. The predicted octanol–water partition coefficient (Wildman–Crippen LogP) is -0.139. The summed E-state index contributed by atoms with van der Waals surface area (Å²) in [5.41, 5.74) is 0.0810. The average molecular weight is 256 g/mol. The Balaban J connectivity index is 0. The van der Waals surface area contributed by atoms with Crippen LogP contribution in [0.2, 0.25) is 0 Å². The number of hydrogen-bond acceptors (Lipinski definition) is 2. The third-order valence-electron chi connectivity index (χ3n) is 0.884. The van der Waals surface area contributed by atoms with Crippen molar-refractivity contribution in [3.8, 4) is 0 Å². The Morgan fingerprint density at radius 1 is 1.45 bits per heavy atom. The molecular formula is C6H7CrNO2Se. The second-order valence-corrected chi connectivity index (χ2v) is 1.52. The van der Waals surface area contributed by atoms with E-state index >= 15 is 0 Å². The normalized spacial score (nSPS) is 7.27. The van der Waals surface area contributed by atoms with E-state index in [2.05, 4.69) is 4.98 Å². The molecule has 3 nitrogen and oxygen atoms in total. The summed E-state index contributed by atoms with van der Waals surface area (Å²) < 4.78 is 0. The second-order valence-electron chi connectivity index (χ2n) is 1.52. The van der Waals surface area contributed by atoms with Crippen LogP contribution in [0.25, 0.3) is 0 Å². The van der Waals surface area contributed by atoms with Gasteiger partial charge < -0.3 is 5.11 Å². The Bertz CT molecular complexity index is 217. The zero-order valence-electron chi connectivity index (χ0n) is 5.52. The van der Waals surface area contributed by atoms with E-state index in [4.69, 9.17) is 5.11 Å². The molecule has 0 aromatic carbocycles. The summed E-state index contributed by atoms with van der Waals surface area (Å²) in [6, 6.07) is 4.76. The molecule has 0 aliphatic carbocycles. The Labute approximate surface area is 85.4 Å². The first-order valence-electron chi connectivity index (χ1n) is 2.45. The summed E-state index contributed by atoms with van der Waals surface area (Å²) in [7, 11) is 0. The zero-order chi connectivity index (χ0) is 6.69. The van der Waals surface area contributed by atoms with Crippen LogP contribution in [0.4, 0.5) is 0 Å². The third kappa shape index (κ3) is 4.18. The SMILES string of the molecule is O=C(O)c1ccccn1.[Cr].[SeH2]. The van der Waals surface area contributed by atoms with Crippen molar-refractivity contribution >= 4 is 23.0 Å². The fourth-order valence-electron chi connectivity index (χ4n) is 0.489. The monoisotopic (exact) mass is 257 g/mol.